The first-order chi connectivity index (χ1) is 9.24. The molecule has 3 nitrogen and oxygen atoms in total. The van der Waals surface area contributed by atoms with Crippen LogP contribution < -0.4 is 5.32 Å². The van der Waals surface area contributed by atoms with E-state index in [0.717, 1.165) is 48.7 Å². The molecule has 0 radical (unpaired) electrons. The molecule has 1 aromatic carbocycles. The third-order valence-corrected chi connectivity index (χ3v) is 4.11. The molecule has 1 aliphatic rings. The highest BCUT2D eigenvalue weighted by Gasteiger charge is 2.15. The van der Waals surface area contributed by atoms with Gasteiger partial charge in [0.1, 0.15) is 11.6 Å². The van der Waals surface area contributed by atoms with Crippen molar-refractivity contribution in [2.75, 3.05) is 13.1 Å². The van der Waals surface area contributed by atoms with Crippen LogP contribution in [0.3, 0.4) is 0 Å². The van der Waals surface area contributed by atoms with Gasteiger partial charge in [-0.3, -0.25) is 0 Å². The van der Waals surface area contributed by atoms with Gasteiger partial charge in [0.15, 0.2) is 0 Å². The second kappa shape index (κ2) is 5.29. The Morgan fingerprint density at radius 1 is 1.47 bits per heavy atom. The van der Waals surface area contributed by atoms with Gasteiger partial charge in [-0.25, -0.2) is 9.37 Å². The van der Waals surface area contributed by atoms with Crippen molar-refractivity contribution in [3.8, 4) is 0 Å². The first kappa shape index (κ1) is 12.6. The quantitative estimate of drug-likeness (QED) is 0.920. The Kier molecular flexibility index (Phi) is 3.51. The summed E-state index contributed by atoms with van der Waals surface area (Å²) in [6, 6.07) is 4.80. The van der Waals surface area contributed by atoms with Crippen molar-refractivity contribution in [1.82, 2.24) is 14.9 Å². The highest BCUT2D eigenvalue weighted by atomic mass is 19.1. The van der Waals surface area contributed by atoms with Crippen LogP contribution in [0, 0.1) is 11.7 Å². The van der Waals surface area contributed by atoms with E-state index in [9.17, 15) is 4.39 Å². The van der Waals surface area contributed by atoms with Gasteiger partial charge in [0.2, 0.25) is 0 Å². The minimum absolute atomic E-state index is 0.196. The van der Waals surface area contributed by atoms with Gasteiger partial charge in [0.25, 0.3) is 0 Å². The largest absolute Gasteiger partial charge is 0.331 e. The van der Waals surface area contributed by atoms with Crippen molar-refractivity contribution >= 4 is 11.0 Å². The standard InChI is InChI=1S/C15H20FN3/c1-19-14-9-12(16)5-6-13(14)18-15(19)7-4-11-3-2-8-17-10-11/h5-6,9,11,17H,2-4,7-8,10H2,1H3. The Bertz CT molecular complexity index is 570. The molecule has 102 valence electrons. The number of benzene rings is 1. The van der Waals surface area contributed by atoms with Crippen LogP contribution in [0.2, 0.25) is 0 Å². The Hall–Kier alpha value is -1.42. The van der Waals surface area contributed by atoms with E-state index in [-0.39, 0.29) is 5.82 Å². The molecule has 0 amide bonds. The lowest BCUT2D eigenvalue weighted by molar-refractivity contribution is 0.355. The molecule has 3 rings (SSSR count). The minimum atomic E-state index is -0.196. The zero-order valence-corrected chi connectivity index (χ0v) is 11.3. The number of rotatable bonds is 3. The summed E-state index contributed by atoms with van der Waals surface area (Å²) in [5.74, 6) is 1.62. The van der Waals surface area contributed by atoms with Gasteiger partial charge in [-0.2, -0.15) is 0 Å². The topological polar surface area (TPSA) is 29.9 Å². The van der Waals surface area contributed by atoms with Crippen molar-refractivity contribution in [2.24, 2.45) is 13.0 Å². The maximum Gasteiger partial charge on any atom is 0.125 e. The van der Waals surface area contributed by atoms with E-state index in [1.54, 1.807) is 12.1 Å². The van der Waals surface area contributed by atoms with E-state index < -0.39 is 0 Å². The maximum absolute atomic E-state index is 13.3. The molecular formula is C15H20FN3. The Morgan fingerprint density at radius 2 is 2.37 bits per heavy atom. The van der Waals surface area contributed by atoms with Gasteiger partial charge in [-0.1, -0.05) is 0 Å². The molecule has 0 saturated carbocycles. The maximum atomic E-state index is 13.3. The molecule has 0 aliphatic carbocycles. The third kappa shape index (κ3) is 2.63. The Morgan fingerprint density at radius 3 is 3.16 bits per heavy atom. The number of halogens is 1. The van der Waals surface area contributed by atoms with Crippen LogP contribution in [0.1, 0.15) is 25.1 Å². The smallest absolute Gasteiger partial charge is 0.125 e. The number of aryl methyl sites for hydroxylation is 2. The number of imidazole rings is 1. The van der Waals surface area contributed by atoms with Gasteiger partial charge < -0.3 is 9.88 Å². The molecule has 4 heteroatoms. The normalized spacial score (nSPS) is 20.0. The summed E-state index contributed by atoms with van der Waals surface area (Å²) in [4.78, 5) is 4.61. The number of piperidine rings is 1. The average Bonchev–Trinajstić information content (AvgIpc) is 2.74. The summed E-state index contributed by atoms with van der Waals surface area (Å²) >= 11 is 0. The summed E-state index contributed by atoms with van der Waals surface area (Å²) in [6.07, 6.45) is 4.72. The summed E-state index contributed by atoms with van der Waals surface area (Å²) in [6.45, 7) is 2.28. The van der Waals surface area contributed by atoms with Gasteiger partial charge in [-0.05, 0) is 56.5 Å². The van der Waals surface area contributed by atoms with Crippen molar-refractivity contribution in [3.63, 3.8) is 0 Å². The van der Waals surface area contributed by atoms with Crippen LogP contribution in [0.25, 0.3) is 11.0 Å². The second-order valence-corrected chi connectivity index (χ2v) is 5.47. The number of fused-ring (bicyclic) bond motifs is 1. The highest BCUT2D eigenvalue weighted by molar-refractivity contribution is 5.75. The zero-order chi connectivity index (χ0) is 13.2. The summed E-state index contributed by atoms with van der Waals surface area (Å²) in [5.41, 5.74) is 1.78. The van der Waals surface area contributed by atoms with Crippen LogP contribution in [0.4, 0.5) is 4.39 Å². The molecule has 19 heavy (non-hydrogen) atoms. The van der Waals surface area contributed by atoms with E-state index in [4.69, 9.17) is 0 Å². The lowest BCUT2D eigenvalue weighted by Crippen LogP contribution is -2.30. The van der Waals surface area contributed by atoms with Crippen molar-refractivity contribution in [3.05, 3.63) is 29.8 Å². The van der Waals surface area contributed by atoms with Crippen molar-refractivity contribution < 1.29 is 4.39 Å². The Balaban J connectivity index is 1.75. The van der Waals surface area contributed by atoms with Gasteiger partial charge in [0, 0.05) is 13.5 Å². The zero-order valence-electron chi connectivity index (χ0n) is 11.3. The fourth-order valence-corrected chi connectivity index (χ4v) is 2.94. The fourth-order valence-electron chi connectivity index (χ4n) is 2.94. The summed E-state index contributed by atoms with van der Waals surface area (Å²) < 4.78 is 15.3. The van der Waals surface area contributed by atoms with Gasteiger partial charge in [0.05, 0.1) is 11.0 Å². The first-order valence-corrected chi connectivity index (χ1v) is 7.05. The van der Waals surface area contributed by atoms with Gasteiger partial charge >= 0.3 is 0 Å². The van der Waals surface area contributed by atoms with Crippen molar-refractivity contribution in [2.45, 2.75) is 25.7 Å². The number of aromatic nitrogens is 2. The molecule has 2 heterocycles. The average molecular weight is 261 g/mol. The van der Waals surface area contributed by atoms with Crippen LogP contribution in [-0.2, 0) is 13.5 Å². The number of nitrogens with one attached hydrogen (secondary N) is 1. The Labute approximate surface area is 112 Å². The van der Waals surface area contributed by atoms with E-state index in [0.29, 0.717) is 0 Å². The molecule has 0 bridgehead atoms. The fraction of sp³-hybridized carbons (Fsp3) is 0.533. The highest BCUT2D eigenvalue weighted by Crippen LogP contribution is 2.20. The molecule has 2 aromatic rings. The molecule has 1 aliphatic heterocycles. The molecule has 1 fully saturated rings. The van der Waals surface area contributed by atoms with E-state index >= 15 is 0 Å². The molecule has 0 spiro atoms. The van der Waals surface area contributed by atoms with Crippen LogP contribution in [0.5, 0.6) is 0 Å². The molecule has 1 unspecified atom stereocenters. The lowest BCUT2D eigenvalue weighted by atomic mass is 9.94. The third-order valence-electron chi connectivity index (χ3n) is 4.11. The predicted octanol–water partition coefficient (Wildman–Crippen LogP) is 2.64. The molecule has 1 aromatic heterocycles. The molecular weight excluding hydrogens is 241 g/mol. The van der Waals surface area contributed by atoms with Crippen LogP contribution in [0.15, 0.2) is 18.2 Å². The number of hydrogen-bond donors (Lipinski definition) is 1. The van der Waals surface area contributed by atoms with Crippen LogP contribution in [-0.4, -0.2) is 22.6 Å². The van der Waals surface area contributed by atoms with E-state index in [1.807, 2.05) is 11.6 Å². The second-order valence-electron chi connectivity index (χ2n) is 5.47. The molecule has 1 N–H and O–H groups in total. The van der Waals surface area contributed by atoms with E-state index in [1.165, 1.54) is 18.9 Å². The first-order valence-electron chi connectivity index (χ1n) is 7.05. The molecule has 1 saturated heterocycles. The van der Waals surface area contributed by atoms with Crippen molar-refractivity contribution in [1.29, 1.82) is 0 Å². The predicted molar refractivity (Wildman–Crippen MR) is 74.6 cm³/mol. The summed E-state index contributed by atoms with van der Waals surface area (Å²) in [5, 5.41) is 3.44. The SMILES string of the molecule is Cn1c(CCC2CCCNC2)nc2ccc(F)cc21. The van der Waals surface area contributed by atoms with E-state index in [2.05, 4.69) is 10.3 Å². The molecule has 1 atom stereocenters. The van der Waals surface area contributed by atoms with Gasteiger partial charge in [-0.15, -0.1) is 0 Å². The minimum Gasteiger partial charge on any atom is -0.331 e. The number of hydrogen-bond acceptors (Lipinski definition) is 2. The van der Waals surface area contributed by atoms with Crippen LogP contribution >= 0.6 is 0 Å². The number of nitrogens with zero attached hydrogens (tertiary/aromatic N) is 2. The monoisotopic (exact) mass is 261 g/mol. The lowest BCUT2D eigenvalue weighted by Gasteiger charge is -2.22. The summed E-state index contributed by atoms with van der Waals surface area (Å²) in [7, 11) is 1.98.